The molecule has 0 spiro atoms. The molecular formula is C12H23NO. The van der Waals surface area contributed by atoms with Gasteiger partial charge in [0.1, 0.15) is 0 Å². The molecule has 0 saturated carbocycles. The number of terminal acetylenes is 1. The molecule has 2 atom stereocenters. The van der Waals surface area contributed by atoms with Crippen LogP contribution in [0.5, 0.6) is 0 Å². The molecule has 82 valence electrons. The molecule has 2 unspecified atom stereocenters. The molecule has 2 heteroatoms. The maximum Gasteiger partial charge on any atom is 0.0733 e. The van der Waals surface area contributed by atoms with E-state index in [1.165, 1.54) is 0 Å². The highest BCUT2D eigenvalue weighted by molar-refractivity contribution is 4.93. The largest absolute Gasteiger partial charge is 0.380 e. The van der Waals surface area contributed by atoms with E-state index in [1.807, 2.05) is 0 Å². The fraction of sp³-hybridized carbons (Fsp3) is 0.833. The Bertz CT molecular complexity index is 162. The van der Waals surface area contributed by atoms with Crippen molar-refractivity contribution in [3.8, 4) is 12.3 Å². The molecule has 0 heterocycles. The second-order valence-electron chi connectivity index (χ2n) is 3.53. The number of hydrogen-bond acceptors (Lipinski definition) is 2. The van der Waals surface area contributed by atoms with Crippen molar-refractivity contribution in [2.45, 2.75) is 51.7 Å². The molecule has 0 fully saturated rings. The van der Waals surface area contributed by atoms with Gasteiger partial charge in [-0.05, 0) is 19.4 Å². The van der Waals surface area contributed by atoms with Crippen molar-refractivity contribution >= 4 is 0 Å². The topological polar surface area (TPSA) is 21.3 Å². The Labute approximate surface area is 88.4 Å². The zero-order chi connectivity index (χ0) is 10.8. The van der Waals surface area contributed by atoms with Crippen LogP contribution >= 0.6 is 0 Å². The Kier molecular flexibility index (Phi) is 8.72. The van der Waals surface area contributed by atoms with Gasteiger partial charge in [0.25, 0.3) is 0 Å². The molecule has 0 aliphatic carbocycles. The van der Waals surface area contributed by atoms with E-state index in [9.17, 15) is 0 Å². The third-order valence-corrected chi connectivity index (χ3v) is 2.32. The summed E-state index contributed by atoms with van der Waals surface area (Å²) in [4.78, 5) is 0. The van der Waals surface area contributed by atoms with Crippen LogP contribution in [0.25, 0.3) is 0 Å². The van der Waals surface area contributed by atoms with E-state index < -0.39 is 0 Å². The van der Waals surface area contributed by atoms with Gasteiger partial charge in [-0.2, -0.15) is 0 Å². The lowest BCUT2D eigenvalue weighted by Crippen LogP contribution is -2.41. The Morgan fingerprint density at radius 3 is 2.50 bits per heavy atom. The summed E-state index contributed by atoms with van der Waals surface area (Å²) in [6.45, 7) is 5.33. The predicted molar refractivity (Wildman–Crippen MR) is 61.2 cm³/mol. The molecular weight excluding hydrogens is 174 g/mol. The molecule has 2 nitrogen and oxygen atoms in total. The minimum Gasteiger partial charge on any atom is -0.380 e. The second kappa shape index (κ2) is 9.05. The van der Waals surface area contributed by atoms with Crippen LogP contribution < -0.4 is 5.32 Å². The molecule has 0 rings (SSSR count). The van der Waals surface area contributed by atoms with Gasteiger partial charge in [-0.15, -0.1) is 12.3 Å². The smallest absolute Gasteiger partial charge is 0.0733 e. The molecule has 1 N–H and O–H groups in total. The first kappa shape index (κ1) is 13.5. The van der Waals surface area contributed by atoms with E-state index in [0.717, 1.165) is 32.2 Å². The molecule has 0 aliphatic rings. The fourth-order valence-corrected chi connectivity index (χ4v) is 1.56. The summed E-state index contributed by atoms with van der Waals surface area (Å²) in [5.41, 5.74) is 0. The van der Waals surface area contributed by atoms with Crippen molar-refractivity contribution in [2.75, 3.05) is 13.7 Å². The van der Waals surface area contributed by atoms with E-state index in [-0.39, 0.29) is 6.10 Å². The Morgan fingerprint density at radius 2 is 2.07 bits per heavy atom. The van der Waals surface area contributed by atoms with Crippen LogP contribution in [0.2, 0.25) is 0 Å². The van der Waals surface area contributed by atoms with E-state index in [0.29, 0.717) is 6.04 Å². The molecule has 0 saturated heterocycles. The van der Waals surface area contributed by atoms with Crippen LogP contribution in [0.4, 0.5) is 0 Å². The van der Waals surface area contributed by atoms with Crippen molar-refractivity contribution in [1.29, 1.82) is 0 Å². The normalized spacial score (nSPS) is 14.7. The van der Waals surface area contributed by atoms with Crippen LogP contribution in [0.15, 0.2) is 0 Å². The van der Waals surface area contributed by atoms with Crippen LogP contribution in [0.1, 0.15) is 39.5 Å². The lowest BCUT2D eigenvalue weighted by atomic mass is 10.0. The summed E-state index contributed by atoms with van der Waals surface area (Å²) in [6.07, 6.45) is 9.68. The quantitative estimate of drug-likeness (QED) is 0.602. The van der Waals surface area contributed by atoms with Gasteiger partial charge in [0.15, 0.2) is 0 Å². The highest BCUT2D eigenvalue weighted by atomic mass is 16.5. The van der Waals surface area contributed by atoms with E-state index in [1.54, 1.807) is 7.11 Å². The number of methoxy groups -OCH3 is 1. The van der Waals surface area contributed by atoms with Crippen molar-refractivity contribution in [3.63, 3.8) is 0 Å². The Morgan fingerprint density at radius 1 is 1.36 bits per heavy atom. The van der Waals surface area contributed by atoms with E-state index in [4.69, 9.17) is 11.2 Å². The third-order valence-electron chi connectivity index (χ3n) is 2.32. The summed E-state index contributed by atoms with van der Waals surface area (Å²) >= 11 is 0. The summed E-state index contributed by atoms with van der Waals surface area (Å²) < 4.78 is 5.44. The van der Waals surface area contributed by atoms with Crippen molar-refractivity contribution < 1.29 is 4.74 Å². The monoisotopic (exact) mass is 197 g/mol. The van der Waals surface area contributed by atoms with Crippen molar-refractivity contribution in [3.05, 3.63) is 0 Å². The minimum atomic E-state index is 0.252. The number of hydrogen-bond donors (Lipinski definition) is 1. The average molecular weight is 197 g/mol. The van der Waals surface area contributed by atoms with Gasteiger partial charge in [0.2, 0.25) is 0 Å². The highest BCUT2D eigenvalue weighted by Gasteiger charge is 2.18. The first-order valence-corrected chi connectivity index (χ1v) is 5.49. The summed E-state index contributed by atoms with van der Waals surface area (Å²) in [5, 5.41) is 3.44. The number of nitrogens with one attached hydrogen (secondary N) is 1. The van der Waals surface area contributed by atoms with Crippen LogP contribution in [0, 0.1) is 12.3 Å². The standard InChI is InChI=1S/C12H23NO/c1-5-8-11(13-10-7-3)12(14-4)9-6-2/h1,11-13H,6-10H2,2-4H3. The fourth-order valence-electron chi connectivity index (χ4n) is 1.56. The molecule has 0 radical (unpaired) electrons. The molecule has 14 heavy (non-hydrogen) atoms. The predicted octanol–water partition coefficient (Wildman–Crippen LogP) is 2.19. The van der Waals surface area contributed by atoms with Crippen LogP contribution in [-0.4, -0.2) is 25.8 Å². The van der Waals surface area contributed by atoms with E-state index >= 15 is 0 Å². The Balaban J connectivity index is 4.06. The zero-order valence-electron chi connectivity index (χ0n) is 9.68. The second-order valence-corrected chi connectivity index (χ2v) is 3.53. The van der Waals surface area contributed by atoms with Gasteiger partial charge in [0.05, 0.1) is 6.10 Å². The summed E-state index contributed by atoms with van der Waals surface area (Å²) in [7, 11) is 1.76. The van der Waals surface area contributed by atoms with Gasteiger partial charge in [-0.1, -0.05) is 20.3 Å². The number of rotatable bonds is 8. The first-order chi connectivity index (χ1) is 6.79. The first-order valence-electron chi connectivity index (χ1n) is 5.49. The molecule has 0 aromatic rings. The minimum absolute atomic E-state index is 0.252. The molecule has 0 aliphatic heterocycles. The molecule has 0 bridgehead atoms. The van der Waals surface area contributed by atoms with Crippen molar-refractivity contribution in [2.24, 2.45) is 0 Å². The van der Waals surface area contributed by atoms with Crippen LogP contribution in [-0.2, 0) is 4.74 Å². The molecule has 0 amide bonds. The highest BCUT2D eigenvalue weighted by Crippen LogP contribution is 2.09. The number of ether oxygens (including phenoxy) is 1. The van der Waals surface area contributed by atoms with Crippen LogP contribution in [0.3, 0.4) is 0 Å². The maximum atomic E-state index is 5.44. The van der Waals surface area contributed by atoms with Gasteiger partial charge in [0, 0.05) is 19.6 Å². The lowest BCUT2D eigenvalue weighted by Gasteiger charge is -2.25. The molecule has 0 aromatic heterocycles. The van der Waals surface area contributed by atoms with Crippen molar-refractivity contribution in [1.82, 2.24) is 5.32 Å². The Hall–Kier alpha value is -0.520. The molecule has 0 aromatic carbocycles. The van der Waals surface area contributed by atoms with Gasteiger partial charge in [-0.25, -0.2) is 0 Å². The summed E-state index contributed by atoms with van der Waals surface area (Å²) in [6, 6.07) is 0.310. The SMILES string of the molecule is C#CCC(NCCC)C(CCC)OC. The van der Waals surface area contributed by atoms with Gasteiger partial charge in [-0.3, -0.25) is 0 Å². The van der Waals surface area contributed by atoms with Gasteiger partial charge < -0.3 is 10.1 Å². The van der Waals surface area contributed by atoms with Gasteiger partial charge >= 0.3 is 0 Å². The zero-order valence-corrected chi connectivity index (χ0v) is 9.68. The van der Waals surface area contributed by atoms with E-state index in [2.05, 4.69) is 25.1 Å². The maximum absolute atomic E-state index is 5.44. The summed E-state index contributed by atoms with van der Waals surface area (Å²) in [5.74, 6) is 2.71. The third kappa shape index (κ3) is 5.26. The lowest BCUT2D eigenvalue weighted by molar-refractivity contribution is 0.0624. The average Bonchev–Trinajstić information content (AvgIpc) is 2.21.